The van der Waals surface area contributed by atoms with Crippen LogP contribution in [0.15, 0.2) is 48.5 Å². The maximum absolute atomic E-state index is 9.97. The van der Waals surface area contributed by atoms with E-state index in [1.165, 1.54) is 5.56 Å². The molecular weight excluding hydrogens is 276 g/mol. The Morgan fingerprint density at radius 2 is 1.77 bits per heavy atom. The number of ether oxygens (including phenoxy) is 1. The average Bonchev–Trinajstić information content (AvgIpc) is 2.57. The zero-order valence-electron chi connectivity index (χ0n) is 12.7. The van der Waals surface area contributed by atoms with E-state index in [9.17, 15) is 5.11 Å². The van der Waals surface area contributed by atoms with Gasteiger partial charge in [0.2, 0.25) is 0 Å². The monoisotopic (exact) mass is 298 g/mol. The zero-order valence-corrected chi connectivity index (χ0v) is 12.7. The van der Waals surface area contributed by atoms with E-state index in [1.807, 2.05) is 42.5 Å². The summed E-state index contributed by atoms with van der Waals surface area (Å²) in [5, 5.41) is 13.3. The van der Waals surface area contributed by atoms with E-state index in [-0.39, 0.29) is 5.75 Å². The van der Waals surface area contributed by atoms with Gasteiger partial charge in [-0.1, -0.05) is 36.4 Å². The first kappa shape index (κ1) is 14.9. The molecule has 1 saturated heterocycles. The molecule has 116 valence electrons. The van der Waals surface area contributed by atoms with Crippen molar-refractivity contribution >= 4 is 0 Å². The summed E-state index contributed by atoms with van der Waals surface area (Å²) in [5.74, 6) is 0.747. The lowest BCUT2D eigenvalue weighted by atomic mass is 10.1. The maximum atomic E-state index is 9.97. The van der Waals surface area contributed by atoms with E-state index < -0.39 is 0 Å². The highest BCUT2D eigenvalue weighted by molar-refractivity contribution is 5.42. The molecule has 0 aromatic heterocycles. The molecule has 4 nitrogen and oxygen atoms in total. The van der Waals surface area contributed by atoms with Crippen LogP contribution in [0, 0.1) is 0 Å². The molecule has 0 amide bonds. The summed E-state index contributed by atoms with van der Waals surface area (Å²) in [7, 11) is 0. The van der Waals surface area contributed by atoms with Crippen LogP contribution in [0.25, 0.3) is 0 Å². The number of hydrogen-bond donors (Lipinski definition) is 2. The van der Waals surface area contributed by atoms with Crippen molar-refractivity contribution in [3.05, 3.63) is 59.7 Å². The molecule has 4 heteroatoms. The number of aromatic hydroxyl groups is 1. The second-order valence-electron chi connectivity index (χ2n) is 5.60. The number of hydrogen-bond acceptors (Lipinski definition) is 4. The SMILES string of the molecule is Oc1ccc(CN2CCNCC2)cc1OCc1ccccc1. The first-order chi connectivity index (χ1) is 10.8. The van der Waals surface area contributed by atoms with E-state index >= 15 is 0 Å². The molecule has 1 aliphatic rings. The van der Waals surface area contributed by atoms with Crippen LogP contribution in [-0.4, -0.2) is 36.2 Å². The Bertz CT molecular complexity index is 595. The number of nitrogens with one attached hydrogen (secondary N) is 1. The lowest BCUT2D eigenvalue weighted by Gasteiger charge is -2.27. The summed E-state index contributed by atoms with van der Waals surface area (Å²) in [6, 6.07) is 15.6. The van der Waals surface area contributed by atoms with Crippen LogP contribution >= 0.6 is 0 Å². The highest BCUT2D eigenvalue weighted by Gasteiger charge is 2.11. The quantitative estimate of drug-likeness (QED) is 0.889. The van der Waals surface area contributed by atoms with Gasteiger partial charge in [0.25, 0.3) is 0 Å². The molecule has 2 aromatic carbocycles. The Balaban J connectivity index is 1.64. The van der Waals surface area contributed by atoms with Gasteiger partial charge in [-0.2, -0.15) is 0 Å². The molecule has 0 bridgehead atoms. The normalized spacial score (nSPS) is 15.6. The fourth-order valence-electron chi connectivity index (χ4n) is 2.64. The summed E-state index contributed by atoms with van der Waals surface area (Å²) in [6.45, 7) is 5.54. The van der Waals surface area contributed by atoms with Crippen LogP contribution in [0.2, 0.25) is 0 Å². The van der Waals surface area contributed by atoms with Crippen molar-refractivity contribution in [2.75, 3.05) is 26.2 Å². The Hall–Kier alpha value is -2.04. The van der Waals surface area contributed by atoms with Gasteiger partial charge in [-0.05, 0) is 23.3 Å². The van der Waals surface area contributed by atoms with Crippen molar-refractivity contribution in [3.8, 4) is 11.5 Å². The van der Waals surface area contributed by atoms with Crippen molar-refractivity contribution in [2.24, 2.45) is 0 Å². The summed E-state index contributed by atoms with van der Waals surface area (Å²) in [6.07, 6.45) is 0. The number of phenolic OH excluding ortho intramolecular Hbond substituents is 1. The first-order valence-electron chi connectivity index (χ1n) is 7.73. The number of phenols is 1. The molecule has 1 aliphatic heterocycles. The highest BCUT2D eigenvalue weighted by atomic mass is 16.5. The van der Waals surface area contributed by atoms with Gasteiger partial charge >= 0.3 is 0 Å². The summed E-state index contributed by atoms with van der Waals surface area (Å²) < 4.78 is 5.77. The molecule has 2 aromatic rings. The second-order valence-corrected chi connectivity index (χ2v) is 5.60. The van der Waals surface area contributed by atoms with Crippen molar-refractivity contribution in [2.45, 2.75) is 13.2 Å². The van der Waals surface area contributed by atoms with E-state index in [0.717, 1.165) is 38.3 Å². The van der Waals surface area contributed by atoms with Gasteiger partial charge in [-0.25, -0.2) is 0 Å². The Kier molecular flexibility index (Phi) is 4.93. The summed E-state index contributed by atoms with van der Waals surface area (Å²) in [4.78, 5) is 2.41. The van der Waals surface area contributed by atoms with Crippen molar-refractivity contribution in [1.29, 1.82) is 0 Å². The third-order valence-electron chi connectivity index (χ3n) is 3.88. The fraction of sp³-hybridized carbons (Fsp3) is 0.333. The predicted molar refractivity (Wildman–Crippen MR) is 87.0 cm³/mol. The van der Waals surface area contributed by atoms with Gasteiger partial charge in [-0.3, -0.25) is 4.90 Å². The fourth-order valence-corrected chi connectivity index (χ4v) is 2.64. The maximum Gasteiger partial charge on any atom is 0.161 e. The minimum absolute atomic E-state index is 0.194. The van der Waals surface area contributed by atoms with Crippen LogP contribution in [-0.2, 0) is 13.2 Å². The van der Waals surface area contributed by atoms with Crippen LogP contribution in [0.1, 0.15) is 11.1 Å². The predicted octanol–water partition coefficient (Wildman–Crippen LogP) is 2.38. The topological polar surface area (TPSA) is 44.7 Å². The van der Waals surface area contributed by atoms with Gasteiger partial charge in [0.15, 0.2) is 11.5 Å². The standard InChI is InChI=1S/C18H22N2O2/c21-17-7-6-16(13-20-10-8-19-9-11-20)12-18(17)22-14-15-4-2-1-3-5-15/h1-7,12,19,21H,8-11,13-14H2. The lowest BCUT2D eigenvalue weighted by molar-refractivity contribution is 0.232. The zero-order chi connectivity index (χ0) is 15.2. The average molecular weight is 298 g/mol. The number of nitrogens with zero attached hydrogens (tertiary/aromatic N) is 1. The molecule has 0 atom stereocenters. The van der Waals surface area contributed by atoms with E-state index in [4.69, 9.17) is 4.74 Å². The molecule has 1 heterocycles. The van der Waals surface area contributed by atoms with Crippen LogP contribution in [0.3, 0.4) is 0 Å². The molecule has 1 fully saturated rings. The lowest BCUT2D eigenvalue weighted by Crippen LogP contribution is -2.42. The number of benzene rings is 2. The van der Waals surface area contributed by atoms with Gasteiger partial charge in [-0.15, -0.1) is 0 Å². The van der Waals surface area contributed by atoms with Crippen molar-refractivity contribution in [1.82, 2.24) is 10.2 Å². The summed E-state index contributed by atoms with van der Waals surface area (Å²) >= 11 is 0. The molecule has 0 aliphatic carbocycles. The molecule has 2 N–H and O–H groups in total. The van der Waals surface area contributed by atoms with Crippen LogP contribution in [0.5, 0.6) is 11.5 Å². The van der Waals surface area contributed by atoms with Gasteiger partial charge in [0, 0.05) is 32.7 Å². The number of rotatable bonds is 5. The Morgan fingerprint density at radius 3 is 2.55 bits per heavy atom. The van der Waals surface area contributed by atoms with E-state index in [1.54, 1.807) is 6.07 Å². The highest BCUT2D eigenvalue weighted by Crippen LogP contribution is 2.28. The Morgan fingerprint density at radius 1 is 1.00 bits per heavy atom. The molecule has 0 radical (unpaired) electrons. The third kappa shape index (κ3) is 4.00. The smallest absolute Gasteiger partial charge is 0.161 e. The molecule has 3 rings (SSSR count). The number of piperazine rings is 1. The van der Waals surface area contributed by atoms with Gasteiger partial charge < -0.3 is 15.2 Å². The summed E-state index contributed by atoms with van der Waals surface area (Å²) in [5.41, 5.74) is 2.26. The minimum atomic E-state index is 0.194. The van der Waals surface area contributed by atoms with Crippen LogP contribution in [0.4, 0.5) is 0 Å². The van der Waals surface area contributed by atoms with Crippen molar-refractivity contribution in [3.63, 3.8) is 0 Å². The molecule has 0 unspecified atom stereocenters. The molecule has 0 spiro atoms. The first-order valence-corrected chi connectivity index (χ1v) is 7.73. The van der Waals surface area contributed by atoms with Crippen LogP contribution < -0.4 is 10.1 Å². The van der Waals surface area contributed by atoms with E-state index in [2.05, 4.69) is 10.2 Å². The molecule has 0 saturated carbocycles. The largest absolute Gasteiger partial charge is 0.504 e. The van der Waals surface area contributed by atoms with Gasteiger partial charge in [0.05, 0.1) is 0 Å². The van der Waals surface area contributed by atoms with E-state index in [0.29, 0.717) is 12.4 Å². The van der Waals surface area contributed by atoms with Crippen molar-refractivity contribution < 1.29 is 9.84 Å². The van der Waals surface area contributed by atoms with Gasteiger partial charge in [0.1, 0.15) is 6.61 Å². The molecule has 22 heavy (non-hydrogen) atoms. The third-order valence-corrected chi connectivity index (χ3v) is 3.88. The minimum Gasteiger partial charge on any atom is -0.504 e. The Labute approximate surface area is 131 Å². The second kappa shape index (κ2) is 7.29. The molecular formula is C18H22N2O2.